The maximum atomic E-state index is 12.4. The number of carboxylic acid groups (broad SMARTS) is 1. The molecule has 0 bridgehead atoms. The van der Waals surface area contributed by atoms with Crippen LogP contribution in [0.15, 0.2) is 12.7 Å². The first-order valence-electron chi connectivity index (χ1n) is 11.3. The number of carbonyl (C=O) groups is 2. The highest BCUT2D eigenvalue weighted by molar-refractivity contribution is 7.63. The Kier molecular flexibility index (Phi) is 8.46. The molecule has 20 heteroatoms. The third kappa shape index (κ3) is 6.72. The number of nitrogens with one attached hydrogen (secondary N) is 2. The van der Waals surface area contributed by atoms with Crippen LogP contribution in [0.4, 0.5) is 10.6 Å². The van der Waals surface area contributed by atoms with Crippen LogP contribution < -0.4 is 20.4 Å². The van der Waals surface area contributed by atoms with Crippen molar-refractivity contribution in [2.24, 2.45) is 0 Å². The molecule has 2 aliphatic rings. The van der Waals surface area contributed by atoms with Gasteiger partial charge in [0.25, 0.3) is 7.82 Å². The Morgan fingerprint density at radius 3 is 2.55 bits per heavy atom. The van der Waals surface area contributed by atoms with Gasteiger partial charge in [0, 0.05) is 6.04 Å². The fraction of sp³-hybridized carbons (Fsp3) is 0.611. The molecule has 3 heterocycles. The molecule has 0 aromatic carbocycles. The first-order chi connectivity index (χ1) is 17.8. The Balaban J connectivity index is 1.43. The number of urea groups is 1. The third-order valence-corrected chi connectivity index (χ3v) is 8.76. The summed E-state index contributed by atoms with van der Waals surface area (Å²) in [5, 5.41) is 34.8. The lowest BCUT2D eigenvalue weighted by atomic mass is 10.1. The van der Waals surface area contributed by atoms with Crippen LogP contribution in [0.2, 0.25) is 0 Å². The topological polar surface area (TPSA) is 270 Å². The number of ether oxygens (including phenoxy) is 1. The number of carbonyl (C=O) groups excluding carboxylic acids is 1. The van der Waals surface area contributed by atoms with E-state index in [-0.39, 0.29) is 23.0 Å². The minimum Gasteiger partial charge on any atom is -0.778 e. The van der Waals surface area contributed by atoms with Gasteiger partial charge in [-0.05, 0) is 12.8 Å². The summed E-state index contributed by atoms with van der Waals surface area (Å²) in [6, 6.07) is -0.424. The van der Waals surface area contributed by atoms with E-state index in [9.17, 15) is 38.7 Å². The fourth-order valence-electron chi connectivity index (χ4n) is 4.16. The molecule has 5 N–H and O–H groups in total. The summed E-state index contributed by atoms with van der Waals surface area (Å²) in [6.45, 7) is -0.974. The van der Waals surface area contributed by atoms with Crippen molar-refractivity contribution in [1.82, 2.24) is 24.8 Å². The van der Waals surface area contributed by atoms with Gasteiger partial charge in [0.15, 0.2) is 30.8 Å². The summed E-state index contributed by atoms with van der Waals surface area (Å²) in [4.78, 5) is 58.4. The van der Waals surface area contributed by atoms with Crippen LogP contribution in [0.1, 0.15) is 31.9 Å². The maximum absolute atomic E-state index is 12.4. The Morgan fingerprint density at radius 2 is 1.87 bits per heavy atom. The second kappa shape index (κ2) is 11.3. The van der Waals surface area contributed by atoms with Crippen molar-refractivity contribution in [3.63, 3.8) is 0 Å². The molecule has 2 aromatic rings. The van der Waals surface area contributed by atoms with Gasteiger partial charge in [0.1, 0.15) is 30.8 Å². The zero-order valence-electron chi connectivity index (χ0n) is 19.5. The number of aliphatic carboxylic acids is 1. The van der Waals surface area contributed by atoms with Crippen LogP contribution in [0.5, 0.6) is 0 Å². The quantitative estimate of drug-likeness (QED) is 0.204. The van der Waals surface area contributed by atoms with Crippen LogP contribution in [0.3, 0.4) is 0 Å². The average Bonchev–Trinajstić information content (AvgIpc) is 3.52. The number of hydrogen-bond acceptors (Lipinski definition) is 14. The number of amides is 2. The van der Waals surface area contributed by atoms with Crippen LogP contribution in [0, 0.1) is 0 Å². The van der Waals surface area contributed by atoms with Gasteiger partial charge in [-0.15, -0.1) is 0 Å². The van der Waals surface area contributed by atoms with Crippen LogP contribution in [-0.4, -0.2) is 84.0 Å². The Hall–Kier alpha value is -2.53. The van der Waals surface area contributed by atoms with Crippen molar-refractivity contribution < 1.29 is 57.4 Å². The van der Waals surface area contributed by atoms with E-state index in [1.54, 1.807) is 0 Å². The number of nitrogens with zero attached hydrogens (tertiary/aromatic N) is 4. The monoisotopic (exact) mass is 578 g/mol. The van der Waals surface area contributed by atoms with Gasteiger partial charge in [-0.1, -0.05) is 12.8 Å². The van der Waals surface area contributed by atoms with E-state index in [1.807, 2.05) is 0 Å². The number of rotatable bonds is 10. The van der Waals surface area contributed by atoms with E-state index < -0.39 is 64.7 Å². The largest absolute Gasteiger partial charge is 0.778 e. The lowest BCUT2D eigenvalue weighted by Crippen LogP contribution is -2.36. The second-order valence-corrected chi connectivity index (χ2v) is 12.0. The van der Waals surface area contributed by atoms with E-state index in [1.165, 1.54) is 10.9 Å². The normalized spacial score (nSPS) is 27.2. The molecule has 1 aliphatic heterocycles. The molecule has 2 aromatic heterocycles. The molecule has 210 valence electrons. The standard InChI is InChI=1S/C18H26N6O12P2/c25-11(26)6-37(30,31)36-38(32,33)34-5-10-13(27)14(28)17(35-10)24-8-21-12-15(19-7-20-16(12)24)23-18(29)22-9-3-1-2-4-9/h7-10,13-14,17,27-28H,1-6H2,(H,25,26)(H,30,31)(H,32,33)(H2,19,20,22,23,29)/p-2/t10-,13?,14+,17-/m1/s1. The zero-order chi connectivity index (χ0) is 27.7. The van der Waals surface area contributed by atoms with Gasteiger partial charge < -0.3 is 44.2 Å². The zero-order valence-corrected chi connectivity index (χ0v) is 21.3. The molecule has 1 saturated heterocycles. The molecule has 3 unspecified atom stereocenters. The van der Waals surface area contributed by atoms with Gasteiger partial charge in [-0.25, -0.2) is 19.7 Å². The van der Waals surface area contributed by atoms with Gasteiger partial charge in [0.2, 0.25) is 0 Å². The smallest absolute Gasteiger partial charge is 0.320 e. The number of hydrogen-bond donors (Lipinski definition) is 5. The number of aliphatic hydroxyl groups excluding tert-OH is 2. The molecule has 2 amide bonds. The molecule has 0 spiro atoms. The Labute approximate surface area is 214 Å². The predicted octanol–water partition coefficient (Wildman–Crippen LogP) is -1.35. The van der Waals surface area contributed by atoms with Crippen LogP contribution >= 0.6 is 15.4 Å². The molecule has 38 heavy (non-hydrogen) atoms. The molecule has 6 atom stereocenters. The van der Waals surface area contributed by atoms with E-state index in [0.29, 0.717) is 0 Å². The lowest BCUT2D eigenvalue weighted by molar-refractivity contribution is -0.233. The predicted molar refractivity (Wildman–Crippen MR) is 120 cm³/mol. The van der Waals surface area contributed by atoms with Gasteiger partial charge in [-0.3, -0.25) is 23.6 Å². The molecular formula is C18H24N6O12P2-2. The molecule has 18 nitrogen and oxygen atoms in total. The number of carboxylic acids is 1. The maximum Gasteiger partial charge on any atom is 0.320 e. The first kappa shape index (κ1) is 28.5. The highest BCUT2D eigenvalue weighted by atomic mass is 31.3. The number of aromatic nitrogens is 4. The number of phosphoric acid groups is 1. The highest BCUT2D eigenvalue weighted by Gasteiger charge is 2.45. The highest BCUT2D eigenvalue weighted by Crippen LogP contribution is 2.55. The van der Waals surface area contributed by atoms with Crippen molar-refractivity contribution in [1.29, 1.82) is 0 Å². The van der Waals surface area contributed by atoms with E-state index >= 15 is 0 Å². The Bertz CT molecular complexity index is 1290. The summed E-state index contributed by atoms with van der Waals surface area (Å²) in [5.41, 5.74) is 0.244. The first-order valence-corrected chi connectivity index (χ1v) is 14.5. The average molecular weight is 578 g/mol. The SMILES string of the molecule is O=C(O)CP(=O)([O-])OP(=O)([O-])OC[C@H]1O[C@@H](n2cnc3c(NC(=O)NC4CCCC4)ncnc32)[C@@H](O)C1O. The molecule has 1 aliphatic carbocycles. The third-order valence-electron chi connectivity index (χ3n) is 5.84. The summed E-state index contributed by atoms with van der Waals surface area (Å²) in [6.07, 6.45) is -1.64. The van der Waals surface area contributed by atoms with Crippen molar-refractivity contribution >= 4 is 44.4 Å². The van der Waals surface area contributed by atoms with Crippen molar-refractivity contribution in [3.05, 3.63) is 12.7 Å². The molecule has 1 saturated carbocycles. The molecule has 2 fully saturated rings. The van der Waals surface area contributed by atoms with Crippen LogP contribution in [0.25, 0.3) is 11.2 Å². The van der Waals surface area contributed by atoms with Crippen LogP contribution in [-0.2, 0) is 27.5 Å². The minimum atomic E-state index is -5.57. The fourth-order valence-corrected chi connectivity index (χ4v) is 6.46. The summed E-state index contributed by atoms with van der Waals surface area (Å²) < 4.78 is 38.3. The van der Waals surface area contributed by atoms with Crippen molar-refractivity contribution in [2.45, 2.75) is 56.3 Å². The molecule has 4 rings (SSSR count). The van der Waals surface area contributed by atoms with Crippen molar-refractivity contribution in [2.75, 3.05) is 18.1 Å². The molecular weight excluding hydrogens is 554 g/mol. The number of phosphoric ester groups is 1. The summed E-state index contributed by atoms with van der Waals surface area (Å²) in [7, 11) is -10.9. The van der Waals surface area contributed by atoms with Gasteiger partial charge in [-0.2, -0.15) is 0 Å². The van der Waals surface area contributed by atoms with E-state index in [0.717, 1.165) is 32.0 Å². The Morgan fingerprint density at radius 1 is 1.16 bits per heavy atom. The van der Waals surface area contributed by atoms with E-state index in [2.05, 4.69) is 34.4 Å². The minimum absolute atomic E-state index is 0.0557. The lowest BCUT2D eigenvalue weighted by Gasteiger charge is -2.31. The number of aliphatic hydroxyl groups is 2. The van der Waals surface area contributed by atoms with E-state index in [4.69, 9.17) is 9.84 Å². The molecule has 0 radical (unpaired) electrons. The number of fused-ring (bicyclic) bond motifs is 1. The summed E-state index contributed by atoms with van der Waals surface area (Å²) in [5.74, 6) is -1.77. The second-order valence-electron chi connectivity index (χ2n) is 8.66. The van der Waals surface area contributed by atoms with Crippen molar-refractivity contribution in [3.8, 4) is 0 Å². The summed E-state index contributed by atoms with van der Waals surface area (Å²) >= 11 is 0. The number of imidazole rings is 1. The van der Waals surface area contributed by atoms with Gasteiger partial charge >= 0.3 is 12.0 Å². The van der Waals surface area contributed by atoms with Gasteiger partial charge in [0.05, 0.1) is 12.9 Å². The number of anilines is 1.